The highest BCUT2D eigenvalue weighted by molar-refractivity contribution is 7.11. The number of nitrogens with zero attached hydrogens (tertiary/aromatic N) is 1. The van der Waals surface area contributed by atoms with Gasteiger partial charge in [0, 0.05) is 32.8 Å². The summed E-state index contributed by atoms with van der Waals surface area (Å²) in [6.45, 7) is 10.8. The van der Waals surface area contributed by atoms with Gasteiger partial charge in [-0.25, -0.2) is 0 Å². The molecule has 2 N–H and O–H groups in total. The zero-order valence-electron chi connectivity index (χ0n) is 21.4. The number of anilines is 1. The summed E-state index contributed by atoms with van der Waals surface area (Å²) in [5, 5.41) is 20.5. The van der Waals surface area contributed by atoms with Gasteiger partial charge in [0.1, 0.15) is 18.1 Å². The summed E-state index contributed by atoms with van der Waals surface area (Å²) in [7, 11) is 1.56. The van der Waals surface area contributed by atoms with Gasteiger partial charge in [0.2, 0.25) is 0 Å². The summed E-state index contributed by atoms with van der Waals surface area (Å²) in [6, 6.07) is 9.60. The average molecular weight is 503 g/mol. The Kier molecular flexibility index (Phi) is 6.04. The van der Waals surface area contributed by atoms with Crippen LogP contribution in [-0.2, 0) is 4.84 Å². The first-order valence-electron chi connectivity index (χ1n) is 11.9. The Bertz CT molecular complexity index is 1450. The first kappa shape index (κ1) is 24.0. The first-order valence-corrected chi connectivity index (χ1v) is 12.8. The van der Waals surface area contributed by atoms with Gasteiger partial charge < -0.3 is 24.7 Å². The summed E-state index contributed by atoms with van der Waals surface area (Å²) in [5.41, 5.74) is 7.54. The monoisotopic (exact) mass is 502 g/mol. The van der Waals surface area contributed by atoms with Gasteiger partial charge in [-0.15, -0.1) is 11.3 Å². The number of thiophene rings is 1. The number of aromatic hydroxyl groups is 1. The van der Waals surface area contributed by atoms with Gasteiger partial charge >= 0.3 is 0 Å². The van der Waals surface area contributed by atoms with Crippen molar-refractivity contribution in [3.8, 4) is 28.4 Å². The van der Waals surface area contributed by atoms with Crippen molar-refractivity contribution in [3.05, 3.63) is 63.4 Å². The Hall–Kier alpha value is -3.71. The molecule has 0 radical (unpaired) electrons. The first-order chi connectivity index (χ1) is 17.2. The highest BCUT2D eigenvalue weighted by Crippen LogP contribution is 2.54. The van der Waals surface area contributed by atoms with Crippen LogP contribution in [0.3, 0.4) is 0 Å². The summed E-state index contributed by atoms with van der Waals surface area (Å²) in [6.07, 6.45) is 4.30. The molecule has 3 heterocycles. The molecule has 1 aromatic heterocycles. The second-order valence-corrected chi connectivity index (χ2v) is 10.4. The SMILES string of the molecule is CCON=C(C)c1ccsc1C=C1Oc2ccc(O)c(OC)c2-c2ccc3c(c21)C(C)=CC(C)(C)N3. The zero-order chi connectivity index (χ0) is 25.6. The molecule has 2 aliphatic rings. The second-order valence-electron chi connectivity index (χ2n) is 9.48. The normalized spacial score (nSPS) is 16.8. The number of fused-ring (bicyclic) bond motifs is 5. The number of phenols is 1. The van der Waals surface area contributed by atoms with Gasteiger partial charge in [0.15, 0.2) is 11.5 Å². The van der Waals surface area contributed by atoms with Crippen molar-refractivity contribution < 1.29 is 19.4 Å². The number of methoxy groups -OCH3 is 1. The molecule has 6 nitrogen and oxygen atoms in total. The van der Waals surface area contributed by atoms with E-state index in [1.54, 1.807) is 30.6 Å². The molecule has 0 bridgehead atoms. The van der Waals surface area contributed by atoms with Gasteiger partial charge in [-0.05, 0) is 75.9 Å². The molecule has 0 unspecified atom stereocenters. The molecule has 0 saturated carbocycles. The lowest BCUT2D eigenvalue weighted by Crippen LogP contribution is -2.32. The molecule has 0 spiro atoms. The number of oxime groups is 1. The van der Waals surface area contributed by atoms with E-state index in [9.17, 15) is 5.11 Å². The van der Waals surface area contributed by atoms with Crippen LogP contribution in [0, 0.1) is 0 Å². The third-order valence-corrected chi connectivity index (χ3v) is 7.21. The molecule has 5 rings (SSSR count). The lowest BCUT2D eigenvalue weighted by Gasteiger charge is -2.35. The Morgan fingerprint density at radius 2 is 1.97 bits per heavy atom. The summed E-state index contributed by atoms with van der Waals surface area (Å²) >= 11 is 1.62. The number of phenolic OH excluding ortho intramolecular Hbond substituents is 1. The minimum absolute atomic E-state index is 0.0748. The molecular weight excluding hydrogens is 472 g/mol. The summed E-state index contributed by atoms with van der Waals surface area (Å²) in [4.78, 5) is 6.32. The van der Waals surface area contributed by atoms with E-state index < -0.39 is 0 Å². The molecule has 2 aliphatic heterocycles. The maximum Gasteiger partial charge on any atom is 0.172 e. The van der Waals surface area contributed by atoms with Crippen LogP contribution in [0.4, 0.5) is 5.69 Å². The number of ether oxygens (including phenoxy) is 2. The number of benzene rings is 2. The van der Waals surface area contributed by atoms with Gasteiger partial charge in [-0.3, -0.25) is 0 Å². The van der Waals surface area contributed by atoms with Crippen LogP contribution in [0.2, 0.25) is 0 Å². The lowest BCUT2D eigenvalue weighted by atomic mass is 9.83. The fourth-order valence-electron chi connectivity index (χ4n) is 5.01. The van der Waals surface area contributed by atoms with Crippen molar-refractivity contribution in [1.82, 2.24) is 0 Å². The van der Waals surface area contributed by atoms with E-state index in [2.05, 4.69) is 55.5 Å². The van der Waals surface area contributed by atoms with Gasteiger partial charge in [0.05, 0.1) is 23.9 Å². The molecule has 2 aromatic carbocycles. The largest absolute Gasteiger partial charge is 0.504 e. The molecular formula is C29H30N2O4S. The van der Waals surface area contributed by atoms with Crippen LogP contribution in [0.1, 0.15) is 56.2 Å². The number of rotatable bonds is 5. The maximum absolute atomic E-state index is 10.6. The highest BCUT2D eigenvalue weighted by atomic mass is 32.1. The number of hydrogen-bond acceptors (Lipinski definition) is 7. The predicted molar refractivity (Wildman–Crippen MR) is 148 cm³/mol. The van der Waals surface area contributed by atoms with Crippen molar-refractivity contribution in [2.45, 2.75) is 40.2 Å². The van der Waals surface area contributed by atoms with E-state index in [0.717, 1.165) is 55.4 Å². The molecule has 3 aromatic rings. The Labute approximate surface area is 215 Å². The quantitative estimate of drug-likeness (QED) is 0.281. The van der Waals surface area contributed by atoms with Crippen LogP contribution < -0.4 is 14.8 Å². The molecule has 0 aliphatic carbocycles. The fraction of sp³-hybridized carbons (Fsp3) is 0.276. The number of allylic oxidation sites excluding steroid dienone is 1. The van der Waals surface area contributed by atoms with Crippen molar-refractivity contribution in [2.24, 2.45) is 5.16 Å². The van der Waals surface area contributed by atoms with Gasteiger partial charge in [0.25, 0.3) is 0 Å². The fourth-order valence-corrected chi connectivity index (χ4v) is 5.88. The minimum Gasteiger partial charge on any atom is -0.504 e. The average Bonchev–Trinajstić information content (AvgIpc) is 3.29. The molecule has 0 amide bonds. The van der Waals surface area contributed by atoms with E-state index in [0.29, 0.717) is 18.1 Å². The van der Waals surface area contributed by atoms with Gasteiger partial charge in [-0.2, -0.15) is 0 Å². The standard InChI is InChI=1S/C29H30N2O4S/c1-7-34-31-17(3)18-12-13-36-24(18)14-23-26-19(27-22(35-23)11-10-21(32)28(27)33-6)8-9-20-25(26)16(2)15-29(4,5)30-20/h8-15,30,32H,7H2,1-6H3. The smallest absolute Gasteiger partial charge is 0.172 e. The topological polar surface area (TPSA) is 72.3 Å². The summed E-state index contributed by atoms with van der Waals surface area (Å²) in [5.74, 6) is 1.83. The third kappa shape index (κ3) is 4.03. The zero-order valence-corrected chi connectivity index (χ0v) is 22.2. The van der Waals surface area contributed by atoms with Crippen molar-refractivity contribution >= 4 is 40.1 Å². The lowest BCUT2D eigenvalue weighted by molar-refractivity contribution is 0.159. The van der Waals surface area contributed by atoms with E-state index in [1.807, 2.05) is 25.3 Å². The van der Waals surface area contributed by atoms with Crippen LogP contribution in [0.25, 0.3) is 28.5 Å². The van der Waals surface area contributed by atoms with Crippen LogP contribution in [-0.4, -0.2) is 30.1 Å². The van der Waals surface area contributed by atoms with Gasteiger partial charge in [-0.1, -0.05) is 17.3 Å². The minimum atomic E-state index is -0.174. The molecule has 0 fully saturated rings. The highest BCUT2D eigenvalue weighted by Gasteiger charge is 2.33. The predicted octanol–water partition coefficient (Wildman–Crippen LogP) is 7.39. The molecule has 7 heteroatoms. The Morgan fingerprint density at radius 3 is 2.72 bits per heavy atom. The molecule has 186 valence electrons. The van der Waals surface area contributed by atoms with Crippen molar-refractivity contribution in [2.75, 3.05) is 19.0 Å². The number of nitrogens with one attached hydrogen (secondary N) is 1. The van der Waals surface area contributed by atoms with E-state index in [-0.39, 0.29) is 11.3 Å². The van der Waals surface area contributed by atoms with Crippen LogP contribution in [0.15, 0.2) is 46.9 Å². The Morgan fingerprint density at radius 1 is 1.17 bits per heavy atom. The number of hydrogen-bond donors (Lipinski definition) is 2. The van der Waals surface area contributed by atoms with Crippen LogP contribution in [0.5, 0.6) is 17.2 Å². The summed E-state index contributed by atoms with van der Waals surface area (Å²) < 4.78 is 12.2. The van der Waals surface area contributed by atoms with E-state index in [4.69, 9.17) is 14.3 Å². The van der Waals surface area contributed by atoms with Crippen molar-refractivity contribution in [3.63, 3.8) is 0 Å². The third-order valence-electron chi connectivity index (χ3n) is 6.35. The van der Waals surface area contributed by atoms with E-state index >= 15 is 0 Å². The van der Waals surface area contributed by atoms with Crippen LogP contribution >= 0.6 is 11.3 Å². The maximum atomic E-state index is 10.6. The van der Waals surface area contributed by atoms with Crippen molar-refractivity contribution in [1.29, 1.82) is 0 Å². The molecule has 0 atom stereocenters. The Balaban J connectivity index is 1.78. The molecule has 0 saturated heterocycles. The molecule has 36 heavy (non-hydrogen) atoms. The second kappa shape index (κ2) is 9.06. The van der Waals surface area contributed by atoms with E-state index in [1.165, 1.54) is 0 Å².